The Morgan fingerprint density at radius 2 is 1.96 bits per heavy atom. The molecule has 0 aliphatic heterocycles. The monoisotopic (exact) mass is 376 g/mol. The van der Waals surface area contributed by atoms with Crippen LogP contribution in [0.1, 0.15) is 52.4 Å². The second-order valence-electron chi connectivity index (χ2n) is 9.52. The molecule has 3 fully saturated rings. The zero-order chi connectivity index (χ0) is 19.8. The van der Waals surface area contributed by atoms with Crippen LogP contribution in [-0.4, -0.2) is 51.0 Å². The van der Waals surface area contributed by atoms with Gasteiger partial charge in [0.2, 0.25) is 0 Å². The number of hydrogen-bond acceptors (Lipinski definition) is 6. The Balaban J connectivity index is 1.78. The highest BCUT2D eigenvalue weighted by atomic mass is 16.3. The Kier molecular flexibility index (Phi) is 4.09. The van der Waals surface area contributed by atoms with Gasteiger partial charge in [0.1, 0.15) is 18.0 Å². The van der Waals surface area contributed by atoms with Crippen LogP contribution in [0.25, 0.3) is 0 Å². The largest absolute Gasteiger partial charge is 0.389 e. The van der Waals surface area contributed by atoms with E-state index in [1.54, 1.807) is 6.92 Å². The van der Waals surface area contributed by atoms with Crippen LogP contribution in [0, 0.1) is 28.6 Å². The molecule has 0 aromatic rings. The predicted octanol–water partition coefficient (Wildman–Crippen LogP) is 0.961. The fraction of sp³-hybridized carbons (Fsp3) is 0.762. The number of fused-ring (bicyclic) bond motifs is 5. The van der Waals surface area contributed by atoms with Crippen LogP contribution in [0.3, 0.4) is 0 Å². The maximum Gasteiger partial charge on any atom is 0.190 e. The van der Waals surface area contributed by atoms with Crippen LogP contribution in [0.15, 0.2) is 11.6 Å². The Bertz CT molecular complexity index is 756. The molecule has 0 aromatic heterocycles. The second-order valence-corrected chi connectivity index (χ2v) is 9.52. The van der Waals surface area contributed by atoms with Gasteiger partial charge in [0.05, 0.1) is 6.10 Å². The molecule has 0 spiro atoms. The molecule has 0 amide bonds. The van der Waals surface area contributed by atoms with Crippen molar-refractivity contribution in [2.45, 2.75) is 64.1 Å². The van der Waals surface area contributed by atoms with E-state index in [1.807, 2.05) is 6.92 Å². The molecule has 27 heavy (non-hydrogen) atoms. The first-order valence-corrected chi connectivity index (χ1v) is 9.91. The first kappa shape index (κ1) is 19.0. The lowest BCUT2D eigenvalue weighted by molar-refractivity contribution is -0.172. The van der Waals surface area contributed by atoms with E-state index in [-0.39, 0.29) is 42.2 Å². The van der Waals surface area contributed by atoms with E-state index in [4.69, 9.17) is 0 Å². The van der Waals surface area contributed by atoms with E-state index < -0.39 is 34.9 Å². The quantitative estimate of drug-likeness (QED) is 0.662. The van der Waals surface area contributed by atoms with E-state index in [9.17, 15) is 29.7 Å². The molecule has 0 unspecified atom stereocenters. The second kappa shape index (κ2) is 5.82. The third-order valence-electron chi connectivity index (χ3n) is 8.43. The van der Waals surface area contributed by atoms with Crippen molar-refractivity contribution in [3.8, 4) is 0 Å². The normalized spacial score (nSPS) is 49.1. The summed E-state index contributed by atoms with van der Waals surface area (Å²) in [5.41, 5.74) is -2.49. The van der Waals surface area contributed by atoms with Crippen LogP contribution in [0.4, 0.5) is 0 Å². The van der Waals surface area contributed by atoms with E-state index in [0.717, 1.165) is 0 Å². The van der Waals surface area contributed by atoms with E-state index >= 15 is 0 Å². The summed E-state index contributed by atoms with van der Waals surface area (Å²) >= 11 is 0. The Morgan fingerprint density at radius 3 is 2.63 bits per heavy atom. The number of carbonyl (C=O) groups excluding carboxylic acids is 3. The van der Waals surface area contributed by atoms with Crippen molar-refractivity contribution < 1.29 is 29.7 Å². The summed E-state index contributed by atoms with van der Waals surface area (Å²) in [5.74, 6) is -1.14. The summed E-state index contributed by atoms with van der Waals surface area (Å²) in [6.45, 7) is 3.03. The molecule has 0 heterocycles. The van der Waals surface area contributed by atoms with Crippen molar-refractivity contribution in [2.24, 2.45) is 28.6 Å². The smallest absolute Gasteiger partial charge is 0.190 e. The number of hydrogen-bond donors (Lipinski definition) is 3. The molecule has 148 valence electrons. The molecule has 4 aliphatic carbocycles. The first-order valence-electron chi connectivity index (χ1n) is 9.91. The van der Waals surface area contributed by atoms with Gasteiger partial charge in [-0.25, -0.2) is 0 Å². The fourth-order valence-corrected chi connectivity index (χ4v) is 7.03. The van der Waals surface area contributed by atoms with Gasteiger partial charge < -0.3 is 15.3 Å². The lowest BCUT2D eigenvalue weighted by Crippen LogP contribution is -2.62. The highest BCUT2D eigenvalue weighted by Gasteiger charge is 2.69. The van der Waals surface area contributed by atoms with Crippen LogP contribution >= 0.6 is 0 Å². The molecule has 4 aliphatic rings. The minimum absolute atomic E-state index is 0.000497. The Hall–Kier alpha value is -1.37. The minimum atomic E-state index is -1.70. The fourth-order valence-electron chi connectivity index (χ4n) is 7.03. The maximum atomic E-state index is 13.3. The van der Waals surface area contributed by atoms with Crippen molar-refractivity contribution in [1.29, 1.82) is 0 Å². The highest BCUT2D eigenvalue weighted by molar-refractivity contribution is 5.94. The van der Waals surface area contributed by atoms with Gasteiger partial charge in [-0.2, -0.15) is 0 Å². The number of ketones is 3. The zero-order valence-corrected chi connectivity index (χ0v) is 15.9. The lowest BCUT2D eigenvalue weighted by Gasteiger charge is -2.58. The lowest BCUT2D eigenvalue weighted by atomic mass is 9.45. The average molecular weight is 376 g/mol. The summed E-state index contributed by atoms with van der Waals surface area (Å²) in [5, 5.41) is 31.3. The zero-order valence-electron chi connectivity index (χ0n) is 15.9. The summed E-state index contributed by atoms with van der Waals surface area (Å²) < 4.78 is 0. The van der Waals surface area contributed by atoms with Gasteiger partial charge in [0.25, 0.3) is 0 Å². The van der Waals surface area contributed by atoms with Crippen molar-refractivity contribution in [3.63, 3.8) is 0 Å². The SMILES string of the molecule is C[C@]12CCC(=O)C=C1[C@H](O)C[C@@H]1[C@H]2C(=O)C[C@@]2(C)[C@@H]1CC[C@]2(O)C(=O)CO. The predicted molar refractivity (Wildman–Crippen MR) is 95.5 cm³/mol. The van der Waals surface area contributed by atoms with E-state index in [1.165, 1.54) is 6.08 Å². The molecule has 0 saturated heterocycles. The van der Waals surface area contributed by atoms with Crippen LogP contribution in [0.5, 0.6) is 0 Å². The first-order chi connectivity index (χ1) is 12.6. The van der Waals surface area contributed by atoms with Crippen LogP contribution < -0.4 is 0 Å². The number of aliphatic hydroxyl groups is 3. The van der Waals surface area contributed by atoms with Gasteiger partial charge in [0, 0.05) is 29.6 Å². The van der Waals surface area contributed by atoms with Gasteiger partial charge in [-0.15, -0.1) is 0 Å². The number of rotatable bonds is 2. The van der Waals surface area contributed by atoms with Crippen LogP contribution in [0.2, 0.25) is 0 Å². The topological polar surface area (TPSA) is 112 Å². The maximum absolute atomic E-state index is 13.3. The molecule has 6 heteroatoms. The van der Waals surface area contributed by atoms with E-state index in [0.29, 0.717) is 31.3 Å². The molecule has 3 N–H and O–H groups in total. The Labute approximate surface area is 158 Å². The standard InChI is InChI=1S/C21H28O6/c1-19-5-3-11(23)7-14(19)15(24)8-12-13-4-6-21(27,17(26)10-22)20(13,2)9-16(25)18(12)19/h7,12-13,15,18,22,24,27H,3-6,8-10H2,1-2H3/t12-,13+,15+,18-,19-,20-,21-/m0/s1. The van der Waals surface area contributed by atoms with Gasteiger partial charge in [-0.05, 0) is 49.2 Å². The summed E-state index contributed by atoms with van der Waals surface area (Å²) in [7, 11) is 0. The Morgan fingerprint density at radius 1 is 1.26 bits per heavy atom. The molecule has 0 bridgehead atoms. The molecule has 7 atom stereocenters. The summed E-state index contributed by atoms with van der Waals surface area (Å²) in [4.78, 5) is 37.6. The average Bonchev–Trinajstić information content (AvgIpc) is 2.87. The van der Waals surface area contributed by atoms with Gasteiger partial charge >= 0.3 is 0 Å². The molecule has 3 saturated carbocycles. The van der Waals surface area contributed by atoms with Crippen molar-refractivity contribution >= 4 is 17.3 Å². The molecule has 4 rings (SSSR count). The summed E-state index contributed by atoms with van der Waals surface area (Å²) in [6, 6.07) is 0. The molecule has 6 nitrogen and oxygen atoms in total. The van der Waals surface area contributed by atoms with Crippen molar-refractivity contribution in [2.75, 3.05) is 6.61 Å². The van der Waals surface area contributed by atoms with Crippen LogP contribution in [-0.2, 0) is 14.4 Å². The highest BCUT2D eigenvalue weighted by Crippen LogP contribution is 2.66. The molecular weight excluding hydrogens is 348 g/mol. The number of carbonyl (C=O) groups is 3. The third kappa shape index (κ3) is 2.26. The van der Waals surface area contributed by atoms with Gasteiger partial charge in [-0.1, -0.05) is 13.8 Å². The van der Waals surface area contributed by atoms with E-state index in [2.05, 4.69) is 0 Å². The van der Waals surface area contributed by atoms with Crippen molar-refractivity contribution in [1.82, 2.24) is 0 Å². The minimum Gasteiger partial charge on any atom is -0.389 e. The third-order valence-corrected chi connectivity index (χ3v) is 8.43. The molecule has 0 aromatic carbocycles. The van der Waals surface area contributed by atoms with Crippen molar-refractivity contribution in [3.05, 3.63) is 11.6 Å². The van der Waals surface area contributed by atoms with Gasteiger partial charge in [0.15, 0.2) is 11.6 Å². The van der Waals surface area contributed by atoms with Gasteiger partial charge in [-0.3, -0.25) is 14.4 Å². The summed E-state index contributed by atoms with van der Waals surface area (Å²) in [6.07, 6.45) is 2.96. The molecular formula is C21H28O6. The number of Topliss-reactive ketones (excluding diaryl/α,β-unsaturated/α-hetero) is 2. The number of aliphatic hydroxyl groups excluding tert-OH is 2. The molecule has 0 radical (unpaired) electrons.